The molecule has 0 aromatic heterocycles. The van der Waals surface area contributed by atoms with Crippen molar-refractivity contribution in [3.8, 4) is 0 Å². The van der Waals surface area contributed by atoms with Gasteiger partial charge in [0.15, 0.2) is 0 Å². The number of carbonyl (C=O) groups is 2. The Balaban J connectivity index is -0.000000107. The van der Waals surface area contributed by atoms with Crippen LogP contribution in [-0.4, -0.2) is 40.8 Å². The van der Waals surface area contributed by atoms with E-state index in [1.54, 1.807) is 6.92 Å². The molecule has 8 nitrogen and oxygen atoms in total. The minimum Gasteiger partial charge on any atom is -0.466 e. The van der Waals surface area contributed by atoms with Gasteiger partial charge >= 0.3 is 11.9 Å². The van der Waals surface area contributed by atoms with Gasteiger partial charge in [-0.05, 0) is 20.3 Å². The SMILES string of the molecule is CCCC(=O)OCC.CCOC(=O)CCBr.O=[N+]([O-])O.[Ag]. The largest absolute Gasteiger partial charge is 0.466 e. The molecule has 131 valence electrons. The molecule has 0 aromatic carbocycles. The summed E-state index contributed by atoms with van der Waals surface area (Å²) in [4.78, 5) is 29.2. The van der Waals surface area contributed by atoms with E-state index in [9.17, 15) is 9.59 Å². The van der Waals surface area contributed by atoms with Crippen LogP contribution in [0.1, 0.15) is 40.0 Å². The minimum absolute atomic E-state index is 0. The first-order valence-corrected chi connectivity index (χ1v) is 7.18. The summed E-state index contributed by atoms with van der Waals surface area (Å²) in [7, 11) is 0. The van der Waals surface area contributed by atoms with Gasteiger partial charge < -0.3 is 14.7 Å². The van der Waals surface area contributed by atoms with Gasteiger partial charge in [0.2, 0.25) is 0 Å². The monoisotopic (exact) mass is 466 g/mol. The van der Waals surface area contributed by atoms with E-state index in [4.69, 9.17) is 15.3 Å². The maximum Gasteiger partial charge on any atom is 0.306 e. The number of rotatable bonds is 6. The van der Waals surface area contributed by atoms with Crippen molar-refractivity contribution in [1.29, 1.82) is 0 Å². The molecule has 0 bridgehead atoms. The van der Waals surface area contributed by atoms with E-state index in [1.807, 2.05) is 13.8 Å². The summed E-state index contributed by atoms with van der Waals surface area (Å²) in [6.07, 6.45) is 1.89. The molecule has 0 saturated carbocycles. The number of alkyl halides is 1. The molecule has 0 fully saturated rings. The summed E-state index contributed by atoms with van der Waals surface area (Å²) in [5, 5.41) is 14.3. The average molecular weight is 468 g/mol. The van der Waals surface area contributed by atoms with Crippen molar-refractivity contribution in [3.63, 3.8) is 0 Å². The molecule has 1 radical (unpaired) electrons. The molecule has 10 heteroatoms. The van der Waals surface area contributed by atoms with Crippen molar-refractivity contribution in [2.45, 2.75) is 40.0 Å². The van der Waals surface area contributed by atoms with Crippen LogP contribution in [0, 0.1) is 10.1 Å². The first kappa shape index (κ1) is 28.5. The normalized spacial score (nSPS) is 7.81. The molecule has 0 atom stereocenters. The van der Waals surface area contributed by atoms with E-state index in [0.717, 1.165) is 6.42 Å². The van der Waals surface area contributed by atoms with Gasteiger partial charge in [-0.2, -0.15) is 0 Å². The average Bonchev–Trinajstić information content (AvgIpc) is 2.30. The molecule has 0 aliphatic carbocycles. The van der Waals surface area contributed by atoms with E-state index in [0.29, 0.717) is 31.4 Å². The van der Waals surface area contributed by atoms with Crippen LogP contribution in [0.15, 0.2) is 0 Å². The summed E-state index contributed by atoms with van der Waals surface area (Å²) in [5.41, 5.74) is 0. The molecule has 0 heterocycles. The number of esters is 2. The fourth-order valence-electron chi connectivity index (χ4n) is 0.748. The van der Waals surface area contributed by atoms with Gasteiger partial charge in [0.05, 0.1) is 19.6 Å². The van der Waals surface area contributed by atoms with Crippen LogP contribution in [0.4, 0.5) is 0 Å². The Morgan fingerprint density at radius 1 is 1.10 bits per heavy atom. The Kier molecular flexibility index (Phi) is 33.1. The second-order valence-corrected chi connectivity index (χ2v) is 3.83. The smallest absolute Gasteiger partial charge is 0.306 e. The molecule has 0 spiro atoms. The van der Waals surface area contributed by atoms with Crippen molar-refractivity contribution in [2.75, 3.05) is 18.5 Å². The molecule has 1 N–H and O–H groups in total. The molecule has 0 aliphatic heterocycles. The van der Waals surface area contributed by atoms with Gasteiger partial charge in [0.25, 0.3) is 5.09 Å². The Hall–Kier alpha value is -0.640. The van der Waals surface area contributed by atoms with Crippen LogP contribution in [0.3, 0.4) is 0 Å². The zero-order chi connectivity index (χ0) is 16.4. The van der Waals surface area contributed by atoms with Crippen LogP contribution in [0.25, 0.3) is 0 Å². The van der Waals surface area contributed by atoms with Crippen molar-refractivity contribution in [1.82, 2.24) is 0 Å². The molecule has 0 saturated heterocycles. The molecule has 0 aromatic rings. The molecule has 0 aliphatic rings. The van der Waals surface area contributed by atoms with Crippen LogP contribution in [0.5, 0.6) is 0 Å². The number of carbonyl (C=O) groups excluding carboxylic acids is 2. The van der Waals surface area contributed by atoms with Gasteiger partial charge in [-0.25, -0.2) is 0 Å². The van der Waals surface area contributed by atoms with E-state index in [1.165, 1.54) is 0 Å². The van der Waals surface area contributed by atoms with Gasteiger partial charge in [-0.15, -0.1) is 10.1 Å². The molecular weight excluding hydrogens is 446 g/mol. The van der Waals surface area contributed by atoms with Crippen LogP contribution >= 0.6 is 15.9 Å². The van der Waals surface area contributed by atoms with E-state index >= 15 is 0 Å². The summed E-state index contributed by atoms with van der Waals surface area (Å²) < 4.78 is 9.26. The second-order valence-electron chi connectivity index (χ2n) is 3.04. The summed E-state index contributed by atoms with van der Waals surface area (Å²) in [6.45, 7) is 6.54. The Morgan fingerprint density at radius 3 is 1.67 bits per heavy atom. The van der Waals surface area contributed by atoms with Gasteiger partial charge in [-0.1, -0.05) is 22.9 Å². The maximum absolute atomic E-state index is 10.4. The van der Waals surface area contributed by atoms with Gasteiger partial charge in [0.1, 0.15) is 0 Å². The standard InChI is InChI=1S/C6H12O2.C5H9BrO2.Ag.HNO3/c1-3-5-6(7)8-4-2;1-2-8-5(7)3-4-6;;2-1(3)4/h3-5H2,1-2H3;2-4H2,1H3;;(H,2,3,4). The third kappa shape index (κ3) is 45.2. The predicted octanol–water partition coefficient (Wildman–Crippen LogP) is 2.33. The molecular formula is C11H22AgBrNO7. The zero-order valence-corrected chi connectivity index (χ0v) is 15.3. The van der Waals surface area contributed by atoms with Crippen molar-refractivity contribution >= 4 is 27.9 Å². The van der Waals surface area contributed by atoms with Crippen molar-refractivity contribution < 1.29 is 51.7 Å². The maximum atomic E-state index is 10.4. The van der Waals surface area contributed by atoms with Gasteiger partial charge in [-0.3, -0.25) is 9.59 Å². The summed E-state index contributed by atoms with van der Waals surface area (Å²) in [5.74, 6) is -0.223. The molecule has 0 unspecified atom stereocenters. The third-order valence-electron chi connectivity index (χ3n) is 1.36. The quantitative estimate of drug-likeness (QED) is 0.209. The minimum atomic E-state index is -1.50. The van der Waals surface area contributed by atoms with Crippen LogP contribution in [0.2, 0.25) is 0 Å². The van der Waals surface area contributed by atoms with Crippen LogP contribution in [-0.2, 0) is 41.4 Å². The number of ether oxygens (including phenoxy) is 2. The first-order valence-electron chi connectivity index (χ1n) is 6.05. The second kappa shape index (κ2) is 24.4. The van der Waals surface area contributed by atoms with E-state index in [-0.39, 0.29) is 34.3 Å². The topological polar surface area (TPSA) is 116 Å². The zero-order valence-electron chi connectivity index (χ0n) is 12.3. The van der Waals surface area contributed by atoms with Crippen LogP contribution < -0.4 is 0 Å². The Morgan fingerprint density at radius 2 is 1.43 bits per heavy atom. The number of hydrogen-bond donors (Lipinski definition) is 1. The molecule has 0 amide bonds. The number of halogens is 1. The Labute approximate surface area is 148 Å². The number of hydrogen-bond acceptors (Lipinski definition) is 6. The van der Waals surface area contributed by atoms with Gasteiger partial charge in [0, 0.05) is 34.1 Å². The molecule has 0 rings (SSSR count). The summed E-state index contributed by atoms with van der Waals surface area (Å²) >= 11 is 3.12. The fourth-order valence-corrected chi connectivity index (χ4v) is 1.07. The van der Waals surface area contributed by atoms with E-state index < -0.39 is 5.09 Å². The predicted molar refractivity (Wildman–Crippen MR) is 75.4 cm³/mol. The third-order valence-corrected chi connectivity index (χ3v) is 1.76. The fraction of sp³-hybridized carbons (Fsp3) is 0.818. The number of nitrogens with zero attached hydrogens (tertiary/aromatic N) is 1. The molecule has 21 heavy (non-hydrogen) atoms. The summed E-state index contributed by atoms with van der Waals surface area (Å²) in [6, 6.07) is 0. The Bertz CT molecular complexity index is 227. The van der Waals surface area contributed by atoms with E-state index in [2.05, 4.69) is 25.4 Å². The first-order chi connectivity index (χ1) is 9.35. The van der Waals surface area contributed by atoms with Crippen molar-refractivity contribution in [2.24, 2.45) is 0 Å². The van der Waals surface area contributed by atoms with Crippen molar-refractivity contribution in [3.05, 3.63) is 10.1 Å².